The topological polar surface area (TPSA) is 54.9 Å². The summed E-state index contributed by atoms with van der Waals surface area (Å²) < 4.78 is 11.3. The molecular formula is C26H35N3O3. The van der Waals surface area contributed by atoms with Gasteiger partial charge in [-0.05, 0) is 62.3 Å². The van der Waals surface area contributed by atoms with Gasteiger partial charge in [0.15, 0.2) is 0 Å². The molecule has 2 aliphatic rings. The molecule has 3 heterocycles. The monoisotopic (exact) mass is 437 g/mol. The molecule has 0 bridgehead atoms. The SMILES string of the molecule is COc1cc(C(=O)N2CCC3(CCCCc4ccccc4OCCN(C)C3)CC2)ccn1. The van der Waals surface area contributed by atoms with Crippen molar-refractivity contribution in [3.8, 4) is 11.6 Å². The molecule has 0 unspecified atom stereocenters. The van der Waals surface area contributed by atoms with Crippen molar-refractivity contribution in [2.75, 3.05) is 46.9 Å². The third-order valence-corrected chi connectivity index (χ3v) is 7.01. The molecule has 2 aromatic rings. The van der Waals surface area contributed by atoms with Gasteiger partial charge < -0.3 is 19.3 Å². The maximum atomic E-state index is 13.0. The summed E-state index contributed by atoms with van der Waals surface area (Å²) in [7, 11) is 3.77. The number of rotatable bonds is 2. The number of aromatic nitrogens is 1. The lowest BCUT2D eigenvalue weighted by molar-refractivity contribution is 0.0424. The Hall–Kier alpha value is -2.60. The summed E-state index contributed by atoms with van der Waals surface area (Å²) in [6, 6.07) is 11.9. The molecule has 1 fully saturated rings. The van der Waals surface area contributed by atoms with Crippen molar-refractivity contribution in [3.63, 3.8) is 0 Å². The molecule has 1 spiro atoms. The summed E-state index contributed by atoms with van der Waals surface area (Å²) >= 11 is 0. The highest BCUT2D eigenvalue weighted by atomic mass is 16.5. The number of ether oxygens (including phenoxy) is 2. The molecule has 0 saturated carbocycles. The number of likely N-dealkylation sites (N-methyl/N-ethyl adjacent to an activating group) is 1. The number of hydrogen-bond donors (Lipinski definition) is 0. The second kappa shape index (κ2) is 10.3. The molecule has 2 aliphatic heterocycles. The number of hydrogen-bond acceptors (Lipinski definition) is 5. The number of carbonyl (C=O) groups excluding carboxylic acids is 1. The van der Waals surface area contributed by atoms with Crippen LogP contribution in [-0.4, -0.2) is 67.6 Å². The average Bonchev–Trinajstić information content (AvgIpc) is 2.82. The molecule has 1 saturated heterocycles. The van der Waals surface area contributed by atoms with E-state index in [1.54, 1.807) is 25.4 Å². The Balaban J connectivity index is 1.40. The summed E-state index contributed by atoms with van der Waals surface area (Å²) in [6.07, 6.45) is 8.38. The fourth-order valence-corrected chi connectivity index (χ4v) is 5.14. The Kier molecular flexibility index (Phi) is 7.30. The van der Waals surface area contributed by atoms with E-state index in [-0.39, 0.29) is 11.3 Å². The predicted molar refractivity (Wildman–Crippen MR) is 125 cm³/mol. The van der Waals surface area contributed by atoms with E-state index in [1.165, 1.54) is 24.8 Å². The number of nitrogens with zero attached hydrogens (tertiary/aromatic N) is 3. The van der Waals surface area contributed by atoms with E-state index in [0.717, 1.165) is 51.2 Å². The van der Waals surface area contributed by atoms with Gasteiger partial charge in [-0.1, -0.05) is 24.6 Å². The summed E-state index contributed by atoms with van der Waals surface area (Å²) in [5.41, 5.74) is 2.23. The van der Waals surface area contributed by atoms with Crippen LogP contribution < -0.4 is 9.47 Å². The first-order chi connectivity index (χ1) is 15.6. The van der Waals surface area contributed by atoms with Crippen LogP contribution in [0.4, 0.5) is 0 Å². The van der Waals surface area contributed by atoms with Crippen molar-refractivity contribution in [1.29, 1.82) is 0 Å². The minimum Gasteiger partial charge on any atom is -0.492 e. The molecule has 4 rings (SSSR count). The number of likely N-dealkylation sites (tertiary alicyclic amines) is 1. The van der Waals surface area contributed by atoms with Crippen LogP contribution in [0.15, 0.2) is 42.6 Å². The molecule has 6 heteroatoms. The van der Waals surface area contributed by atoms with Crippen LogP contribution in [0.3, 0.4) is 0 Å². The van der Waals surface area contributed by atoms with Gasteiger partial charge in [-0.3, -0.25) is 4.79 Å². The van der Waals surface area contributed by atoms with E-state index in [2.05, 4.69) is 41.2 Å². The molecule has 1 amide bonds. The number of aryl methyl sites for hydroxylation is 1. The van der Waals surface area contributed by atoms with Crippen LogP contribution in [-0.2, 0) is 6.42 Å². The van der Waals surface area contributed by atoms with Crippen LogP contribution in [0, 0.1) is 5.41 Å². The number of fused-ring (bicyclic) bond motifs is 1. The Morgan fingerprint density at radius 2 is 1.91 bits per heavy atom. The van der Waals surface area contributed by atoms with Gasteiger partial charge in [0, 0.05) is 44.0 Å². The highest BCUT2D eigenvalue weighted by molar-refractivity contribution is 5.94. The number of methoxy groups -OCH3 is 1. The minimum absolute atomic E-state index is 0.0760. The number of carbonyl (C=O) groups is 1. The van der Waals surface area contributed by atoms with Crippen molar-refractivity contribution in [2.45, 2.75) is 38.5 Å². The highest BCUT2D eigenvalue weighted by Gasteiger charge is 2.36. The fraction of sp³-hybridized carbons (Fsp3) is 0.538. The van der Waals surface area contributed by atoms with Crippen molar-refractivity contribution < 1.29 is 14.3 Å². The van der Waals surface area contributed by atoms with E-state index in [4.69, 9.17) is 9.47 Å². The van der Waals surface area contributed by atoms with E-state index in [9.17, 15) is 4.79 Å². The van der Waals surface area contributed by atoms with E-state index >= 15 is 0 Å². The number of piperidine rings is 1. The second-order valence-corrected chi connectivity index (χ2v) is 9.28. The third kappa shape index (κ3) is 5.41. The first kappa shape index (κ1) is 22.6. The first-order valence-corrected chi connectivity index (χ1v) is 11.8. The van der Waals surface area contributed by atoms with Crippen LogP contribution >= 0.6 is 0 Å². The molecule has 0 radical (unpaired) electrons. The van der Waals surface area contributed by atoms with Gasteiger partial charge in [0.2, 0.25) is 5.88 Å². The maximum absolute atomic E-state index is 13.0. The zero-order valence-electron chi connectivity index (χ0n) is 19.4. The van der Waals surface area contributed by atoms with Gasteiger partial charge in [-0.15, -0.1) is 0 Å². The standard InChI is InChI=1S/C26H35N3O3/c1-28-17-18-32-23-9-4-3-7-21(23)8-5-6-11-26(20-28)12-15-29(16-13-26)25(30)22-10-14-27-24(19-22)31-2/h3-4,7,9-10,14,19H,5-6,8,11-13,15-18,20H2,1-2H3. The molecular weight excluding hydrogens is 402 g/mol. The second-order valence-electron chi connectivity index (χ2n) is 9.28. The summed E-state index contributed by atoms with van der Waals surface area (Å²) in [6.45, 7) is 4.28. The quantitative estimate of drug-likeness (QED) is 0.710. The molecule has 0 aliphatic carbocycles. The Morgan fingerprint density at radius 1 is 1.09 bits per heavy atom. The average molecular weight is 438 g/mol. The zero-order chi connectivity index (χ0) is 22.4. The van der Waals surface area contributed by atoms with E-state index in [1.807, 2.05) is 4.90 Å². The lowest BCUT2D eigenvalue weighted by atomic mass is 9.73. The first-order valence-electron chi connectivity index (χ1n) is 11.8. The molecule has 1 aromatic carbocycles. The lowest BCUT2D eigenvalue weighted by Gasteiger charge is -2.44. The minimum atomic E-state index is 0.0760. The predicted octanol–water partition coefficient (Wildman–Crippen LogP) is 4.05. The largest absolute Gasteiger partial charge is 0.492 e. The smallest absolute Gasteiger partial charge is 0.254 e. The number of para-hydroxylation sites is 1. The summed E-state index contributed by atoms with van der Waals surface area (Å²) in [4.78, 5) is 21.6. The molecule has 32 heavy (non-hydrogen) atoms. The third-order valence-electron chi connectivity index (χ3n) is 7.01. The summed E-state index contributed by atoms with van der Waals surface area (Å²) in [5, 5.41) is 0. The molecule has 0 atom stereocenters. The molecule has 6 nitrogen and oxygen atoms in total. The normalized spacial score (nSPS) is 19.9. The van der Waals surface area contributed by atoms with Crippen molar-refractivity contribution in [3.05, 3.63) is 53.7 Å². The molecule has 1 aromatic heterocycles. The lowest BCUT2D eigenvalue weighted by Crippen LogP contribution is -2.48. The Bertz CT molecular complexity index is 909. The van der Waals surface area contributed by atoms with Crippen LogP contribution in [0.2, 0.25) is 0 Å². The number of benzene rings is 1. The summed E-state index contributed by atoms with van der Waals surface area (Å²) in [5.74, 6) is 1.59. The van der Waals surface area contributed by atoms with Gasteiger partial charge in [0.05, 0.1) is 7.11 Å². The number of pyridine rings is 1. The van der Waals surface area contributed by atoms with Gasteiger partial charge >= 0.3 is 0 Å². The fourth-order valence-electron chi connectivity index (χ4n) is 5.14. The van der Waals surface area contributed by atoms with Gasteiger partial charge in [0.1, 0.15) is 12.4 Å². The van der Waals surface area contributed by atoms with Gasteiger partial charge in [-0.25, -0.2) is 4.98 Å². The maximum Gasteiger partial charge on any atom is 0.254 e. The van der Waals surface area contributed by atoms with E-state index < -0.39 is 0 Å². The van der Waals surface area contributed by atoms with Crippen LogP contribution in [0.1, 0.15) is 48.0 Å². The molecule has 172 valence electrons. The number of amides is 1. The van der Waals surface area contributed by atoms with Gasteiger partial charge in [-0.2, -0.15) is 0 Å². The Labute approximate surface area is 191 Å². The van der Waals surface area contributed by atoms with Crippen molar-refractivity contribution in [1.82, 2.24) is 14.8 Å². The Morgan fingerprint density at radius 3 is 2.72 bits per heavy atom. The van der Waals surface area contributed by atoms with E-state index in [0.29, 0.717) is 18.1 Å². The van der Waals surface area contributed by atoms with Crippen LogP contribution in [0.25, 0.3) is 0 Å². The van der Waals surface area contributed by atoms with Crippen molar-refractivity contribution in [2.24, 2.45) is 5.41 Å². The van der Waals surface area contributed by atoms with Gasteiger partial charge in [0.25, 0.3) is 5.91 Å². The molecule has 0 N–H and O–H groups in total. The van der Waals surface area contributed by atoms with Crippen molar-refractivity contribution >= 4 is 5.91 Å². The van der Waals surface area contributed by atoms with Crippen LogP contribution in [0.5, 0.6) is 11.6 Å². The highest BCUT2D eigenvalue weighted by Crippen LogP contribution is 2.38. The zero-order valence-corrected chi connectivity index (χ0v) is 19.4.